The van der Waals surface area contributed by atoms with Crippen molar-refractivity contribution in [2.75, 3.05) is 11.7 Å². The van der Waals surface area contributed by atoms with Crippen molar-refractivity contribution in [3.8, 4) is 22.8 Å². The molecule has 0 aliphatic carbocycles. The fraction of sp³-hybridized carbons (Fsp3) is 0. The maximum Gasteiger partial charge on any atom is 0.217 e. The van der Waals surface area contributed by atoms with Gasteiger partial charge >= 0.3 is 0 Å². The van der Waals surface area contributed by atoms with Crippen LogP contribution in [0, 0.1) is 11.6 Å². The molecule has 0 spiro atoms. The maximum atomic E-state index is 14.0. The zero-order chi connectivity index (χ0) is 19.0. The van der Waals surface area contributed by atoms with E-state index in [1.165, 1.54) is 12.1 Å². The third-order valence-corrected chi connectivity index (χ3v) is 4.66. The van der Waals surface area contributed by atoms with Gasteiger partial charge in [0.1, 0.15) is 11.6 Å². The van der Waals surface area contributed by atoms with Crippen LogP contribution < -0.4 is 11.7 Å². The van der Waals surface area contributed by atoms with Gasteiger partial charge in [-0.3, -0.25) is 0 Å². The Morgan fingerprint density at radius 2 is 1.07 bits per heavy atom. The monoisotopic (exact) mass is 386 g/mol. The second-order valence-corrected chi connectivity index (χ2v) is 6.35. The van der Waals surface area contributed by atoms with Gasteiger partial charge in [0.05, 0.1) is 11.1 Å². The molecule has 0 bridgehead atoms. The Kier molecular flexibility index (Phi) is 4.20. The molecule has 4 rings (SSSR count). The number of hydrogen-bond acceptors (Lipinski definition) is 7. The summed E-state index contributed by atoms with van der Waals surface area (Å²) in [6.45, 7) is 0. The Bertz CT molecular complexity index is 1040. The Labute approximate surface area is 155 Å². The van der Waals surface area contributed by atoms with Crippen LogP contribution >= 0.6 is 11.8 Å². The number of benzene rings is 2. The molecular weight excluding hydrogens is 374 g/mol. The number of nitrogens with two attached hydrogens (primary N) is 2. The summed E-state index contributed by atoms with van der Waals surface area (Å²) in [4.78, 5) is 0. The molecule has 0 unspecified atom stereocenters. The van der Waals surface area contributed by atoms with Crippen LogP contribution in [0.15, 0.2) is 58.8 Å². The summed E-state index contributed by atoms with van der Waals surface area (Å²) in [6, 6.07) is 12.1. The fourth-order valence-corrected chi connectivity index (χ4v) is 3.12. The van der Waals surface area contributed by atoms with Crippen molar-refractivity contribution in [2.45, 2.75) is 10.3 Å². The van der Waals surface area contributed by atoms with Crippen LogP contribution in [0.5, 0.6) is 0 Å². The van der Waals surface area contributed by atoms with Crippen molar-refractivity contribution in [1.82, 2.24) is 29.7 Å². The van der Waals surface area contributed by atoms with Crippen molar-refractivity contribution < 1.29 is 8.78 Å². The van der Waals surface area contributed by atoms with Gasteiger partial charge in [-0.05, 0) is 36.0 Å². The van der Waals surface area contributed by atoms with Gasteiger partial charge in [0.15, 0.2) is 11.6 Å². The molecule has 136 valence electrons. The van der Waals surface area contributed by atoms with Gasteiger partial charge in [0, 0.05) is 0 Å². The highest BCUT2D eigenvalue weighted by atomic mass is 32.2. The van der Waals surface area contributed by atoms with E-state index in [-0.39, 0.29) is 33.1 Å². The van der Waals surface area contributed by atoms with Crippen LogP contribution in [0.25, 0.3) is 22.8 Å². The van der Waals surface area contributed by atoms with Gasteiger partial charge in [-0.1, -0.05) is 24.3 Å². The standard InChI is InChI=1S/C16H12F2N8S/c17-11-7-3-1-5-9(11)13-21-23-15(25(13)19)27-16-24-22-14(26(16)20)10-6-2-4-8-12(10)18/h1-8H,19-20H2. The molecule has 2 heterocycles. The molecule has 0 aliphatic heterocycles. The van der Waals surface area contributed by atoms with Crippen molar-refractivity contribution in [3.63, 3.8) is 0 Å². The van der Waals surface area contributed by atoms with Gasteiger partial charge < -0.3 is 11.7 Å². The highest BCUT2D eigenvalue weighted by molar-refractivity contribution is 7.99. The van der Waals surface area contributed by atoms with E-state index in [9.17, 15) is 8.78 Å². The third kappa shape index (κ3) is 2.97. The number of nitrogens with zero attached hydrogens (tertiary/aromatic N) is 6. The number of nitrogen functional groups attached to an aromatic ring is 2. The summed E-state index contributed by atoms with van der Waals surface area (Å²) >= 11 is 0.967. The first-order valence-corrected chi connectivity index (χ1v) is 8.46. The molecule has 0 atom stereocenters. The lowest BCUT2D eigenvalue weighted by molar-refractivity contribution is 0.628. The van der Waals surface area contributed by atoms with E-state index < -0.39 is 11.6 Å². The number of halogens is 2. The van der Waals surface area contributed by atoms with E-state index in [4.69, 9.17) is 11.7 Å². The first-order valence-electron chi connectivity index (χ1n) is 7.65. The van der Waals surface area contributed by atoms with Crippen molar-refractivity contribution in [1.29, 1.82) is 0 Å². The Morgan fingerprint density at radius 1 is 0.667 bits per heavy atom. The maximum absolute atomic E-state index is 14.0. The van der Waals surface area contributed by atoms with Crippen LogP contribution in [0.4, 0.5) is 8.78 Å². The van der Waals surface area contributed by atoms with Crippen LogP contribution in [-0.4, -0.2) is 29.7 Å². The van der Waals surface area contributed by atoms with Crippen molar-refractivity contribution in [2.24, 2.45) is 0 Å². The summed E-state index contributed by atoms with van der Waals surface area (Å²) in [6.07, 6.45) is 0. The van der Waals surface area contributed by atoms with Gasteiger partial charge in [-0.25, -0.2) is 18.1 Å². The van der Waals surface area contributed by atoms with Crippen LogP contribution in [0.3, 0.4) is 0 Å². The smallest absolute Gasteiger partial charge is 0.217 e. The predicted molar refractivity (Wildman–Crippen MR) is 95.3 cm³/mol. The molecule has 4 aromatic rings. The molecule has 8 nitrogen and oxygen atoms in total. The van der Waals surface area contributed by atoms with E-state index in [1.807, 2.05) is 0 Å². The molecule has 0 amide bonds. The highest BCUT2D eigenvalue weighted by Crippen LogP contribution is 2.29. The highest BCUT2D eigenvalue weighted by Gasteiger charge is 2.20. The zero-order valence-corrected chi connectivity index (χ0v) is 14.4. The average molecular weight is 386 g/mol. The molecule has 4 N–H and O–H groups in total. The van der Waals surface area contributed by atoms with E-state index >= 15 is 0 Å². The quantitative estimate of drug-likeness (QED) is 0.516. The first kappa shape index (κ1) is 17.0. The lowest BCUT2D eigenvalue weighted by Crippen LogP contribution is -2.14. The fourth-order valence-electron chi connectivity index (χ4n) is 2.43. The zero-order valence-electron chi connectivity index (χ0n) is 13.6. The number of rotatable bonds is 4. The van der Waals surface area contributed by atoms with Gasteiger partial charge in [-0.15, -0.1) is 20.4 Å². The number of aromatic nitrogens is 6. The third-order valence-electron chi connectivity index (χ3n) is 3.74. The van der Waals surface area contributed by atoms with Crippen LogP contribution in [0.1, 0.15) is 0 Å². The predicted octanol–water partition coefficient (Wildman–Crippen LogP) is 2.06. The van der Waals surface area contributed by atoms with E-state index in [1.54, 1.807) is 36.4 Å². The van der Waals surface area contributed by atoms with Crippen molar-refractivity contribution >= 4 is 11.8 Å². The molecule has 2 aromatic carbocycles. The summed E-state index contributed by atoms with van der Waals surface area (Å²) in [5, 5.41) is 16.2. The van der Waals surface area contributed by atoms with Crippen LogP contribution in [-0.2, 0) is 0 Å². The topological polar surface area (TPSA) is 113 Å². The lowest BCUT2D eigenvalue weighted by atomic mass is 10.2. The second-order valence-electron chi connectivity index (χ2n) is 5.41. The number of hydrogen-bond donors (Lipinski definition) is 2. The summed E-state index contributed by atoms with van der Waals surface area (Å²) < 4.78 is 30.2. The largest absolute Gasteiger partial charge is 0.335 e. The molecule has 0 saturated heterocycles. The average Bonchev–Trinajstić information content (AvgIpc) is 3.20. The van der Waals surface area contributed by atoms with E-state index in [0.717, 1.165) is 21.1 Å². The minimum atomic E-state index is -0.475. The Balaban J connectivity index is 1.67. The molecule has 2 aromatic heterocycles. The summed E-state index contributed by atoms with van der Waals surface area (Å²) in [5.41, 5.74) is 0.418. The second kappa shape index (κ2) is 6.68. The summed E-state index contributed by atoms with van der Waals surface area (Å²) in [5.74, 6) is 11.3. The van der Waals surface area contributed by atoms with Crippen LogP contribution in [0.2, 0.25) is 0 Å². The first-order chi connectivity index (χ1) is 13.1. The van der Waals surface area contributed by atoms with E-state index in [0.29, 0.717) is 0 Å². The van der Waals surface area contributed by atoms with Gasteiger partial charge in [-0.2, -0.15) is 0 Å². The Hall–Kier alpha value is -3.47. The minimum Gasteiger partial charge on any atom is -0.335 e. The minimum absolute atomic E-state index is 0.146. The van der Waals surface area contributed by atoms with Gasteiger partial charge in [0.25, 0.3) is 0 Å². The van der Waals surface area contributed by atoms with Gasteiger partial charge in [0.2, 0.25) is 10.3 Å². The molecule has 0 fully saturated rings. The molecule has 0 aliphatic rings. The lowest BCUT2D eigenvalue weighted by Gasteiger charge is -2.05. The molecule has 11 heteroatoms. The molecular formula is C16H12F2N8S. The molecule has 27 heavy (non-hydrogen) atoms. The van der Waals surface area contributed by atoms with E-state index in [2.05, 4.69) is 20.4 Å². The van der Waals surface area contributed by atoms with Crippen molar-refractivity contribution in [3.05, 3.63) is 60.2 Å². The Morgan fingerprint density at radius 3 is 1.48 bits per heavy atom. The summed E-state index contributed by atoms with van der Waals surface area (Å²) in [7, 11) is 0. The molecule has 0 radical (unpaired) electrons. The molecule has 0 saturated carbocycles. The normalized spacial score (nSPS) is 11.0. The SMILES string of the molecule is Nn1c(Sc2nnc(-c3ccccc3F)n2N)nnc1-c1ccccc1F.